The van der Waals surface area contributed by atoms with Crippen molar-refractivity contribution in [3.8, 4) is 0 Å². The van der Waals surface area contributed by atoms with Crippen LogP contribution in [0.5, 0.6) is 0 Å². The van der Waals surface area contributed by atoms with Gasteiger partial charge in [0.1, 0.15) is 0 Å². The molecular formula is C12H14N2O2. The summed E-state index contributed by atoms with van der Waals surface area (Å²) in [4.78, 5) is 14.0. The highest BCUT2D eigenvalue weighted by Crippen LogP contribution is 2.17. The van der Waals surface area contributed by atoms with E-state index < -0.39 is 5.97 Å². The van der Waals surface area contributed by atoms with E-state index in [4.69, 9.17) is 5.11 Å². The highest BCUT2D eigenvalue weighted by atomic mass is 16.4. The molecule has 4 nitrogen and oxygen atoms in total. The summed E-state index contributed by atoms with van der Waals surface area (Å²) in [6.45, 7) is 3.73. The van der Waals surface area contributed by atoms with Gasteiger partial charge in [0.2, 0.25) is 0 Å². The Morgan fingerprint density at radius 3 is 2.94 bits per heavy atom. The van der Waals surface area contributed by atoms with E-state index >= 15 is 0 Å². The van der Waals surface area contributed by atoms with Crippen molar-refractivity contribution in [3.63, 3.8) is 0 Å². The number of aromatic nitrogens is 1. The normalized spacial score (nSPS) is 10.8. The highest BCUT2D eigenvalue weighted by molar-refractivity contribution is 5.93. The van der Waals surface area contributed by atoms with E-state index in [1.807, 2.05) is 13.0 Å². The van der Waals surface area contributed by atoms with Gasteiger partial charge in [-0.05, 0) is 30.8 Å². The number of benzene rings is 1. The summed E-state index contributed by atoms with van der Waals surface area (Å²) >= 11 is 0. The summed E-state index contributed by atoms with van der Waals surface area (Å²) in [6, 6.07) is 7.07. The second-order valence-corrected chi connectivity index (χ2v) is 3.68. The Labute approximate surface area is 93.3 Å². The van der Waals surface area contributed by atoms with E-state index in [1.54, 1.807) is 18.2 Å². The Morgan fingerprint density at radius 1 is 1.44 bits per heavy atom. The SMILES string of the molecule is CCNCc1cc2cc(C(=O)O)ccc2[nH]1. The van der Waals surface area contributed by atoms with Gasteiger partial charge in [0.15, 0.2) is 0 Å². The maximum atomic E-state index is 10.8. The van der Waals surface area contributed by atoms with Gasteiger partial charge < -0.3 is 15.4 Å². The standard InChI is InChI=1S/C12H14N2O2/c1-2-13-7-10-6-9-5-8(12(15)16)3-4-11(9)14-10/h3-6,13-14H,2,7H2,1H3,(H,15,16). The monoisotopic (exact) mass is 218 g/mol. The quantitative estimate of drug-likeness (QED) is 0.735. The van der Waals surface area contributed by atoms with Crippen LogP contribution in [0.15, 0.2) is 24.3 Å². The summed E-state index contributed by atoms with van der Waals surface area (Å²) in [6.07, 6.45) is 0. The minimum Gasteiger partial charge on any atom is -0.478 e. The van der Waals surface area contributed by atoms with Gasteiger partial charge in [-0.15, -0.1) is 0 Å². The van der Waals surface area contributed by atoms with Crippen LogP contribution in [-0.4, -0.2) is 22.6 Å². The fourth-order valence-electron chi connectivity index (χ4n) is 1.68. The molecule has 0 fully saturated rings. The van der Waals surface area contributed by atoms with Crippen LogP contribution < -0.4 is 5.32 Å². The summed E-state index contributed by atoms with van der Waals surface area (Å²) < 4.78 is 0. The number of hydrogen-bond acceptors (Lipinski definition) is 2. The number of aromatic carboxylic acids is 1. The van der Waals surface area contributed by atoms with Crippen molar-refractivity contribution >= 4 is 16.9 Å². The third-order valence-corrected chi connectivity index (χ3v) is 2.49. The predicted molar refractivity (Wildman–Crippen MR) is 62.6 cm³/mol. The van der Waals surface area contributed by atoms with Gasteiger partial charge in [-0.3, -0.25) is 0 Å². The van der Waals surface area contributed by atoms with Crippen LogP contribution >= 0.6 is 0 Å². The molecule has 0 saturated heterocycles. The summed E-state index contributed by atoms with van der Waals surface area (Å²) in [5.74, 6) is -0.892. The van der Waals surface area contributed by atoms with Crippen LogP contribution in [0.3, 0.4) is 0 Å². The Kier molecular flexibility index (Phi) is 2.92. The summed E-state index contributed by atoms with van der Waals surface area (Å²) in [7, 11) is 0. The third kappa shape index (κ3) is 2.06. The molecule has 0 spiro atoms. The Morgan fingerprint density at radius 2 is 2.25 bits per heavy atom. The maximum absolute atomic E-state index is 10.8. The number of aromatic amines is 1. The molecule has 16 heavy (non-hydrogen) atoms. The molecule has 84 valence electrons. The molecule has 1 aromatic heterocycles. The van der Waals surface area contributed by atoms with Crippen molar-refractivity contribution in [1.82, 2.24) is 10.3 Å². The van der Waals surface area contributed by atoms with Crippen LogP contribution in [0, 0.1) is 0 Å². The lowest BCUT2D eigenvalue weighted by molar-refractivity contribution is 0.0697. The zero-order chi connectivity index (χ0) is 11.5. The van der Waals surface area contributed by atoms with E-state index in [0.717, 1.165) is 29.7 Å². The second kappa shape index (κ2) is 4.37. The predicted octanol–water partition coefficient (Wildman–Crippen LogP) is 1.98. The first kappa shape index (κ1) is 10.7. The second-order valence-electron chi connectivity index (χ2n) is 3.68. The van der Waals surface area contributed by atoms with E-state index in [2.05, 4.69) is 10.3 Å². The van der Waals surface area contributed by atoms with Gasteiger partial charge in [-0.2, -0.15) is 0 Å². The molecule has 1 aromatic carbocycles. The molecule has 0 saturated carbocycles. The number of nitrogens with one attached hydrogen (secondary N) is 2. The lowest BCUT2D eigenvalue weighted by atomic mass is 10.1. The fraction of sp³-hybridized carbons (Fsp3) is 0.250. The van der Waals surface area contributed by atoms with Crippen molar-refractivity contribution in [2.75, 3.05) is 6.54 Å². The Balaban J connectivity index is 2.34. The van der Waals surface area contributed by atoms with E-state index in [1.165, 1.54) is 0 Å². The minimum atomic E-state index is -0.892. The topological polar surface area (TPSA) is 65.1 Å². The van der Waals surface area contributed by atoms with E-state index in [-0.39, 0.29) is 0 Å². The first-order chi connectivity index (χ1) is 7.70. The van der Waals surface area contributed by atoms with Crippen molar-refractivity contribution in [2.24, 2.45) is 0 Å². The molecule has 0 bridgehead atoms. The maximum Gasteiger partial charge on any atom is 0.335 e. The zero-order valence-corrected chi connectivity index (χ0v) is 9.08. The lowest BCUT2D eigenvalue weighted by Gasteiger charge is -1.96. The molecule has 0 aliphatic carbocycles. The molecule has 3 N–H and O–H groups in total. The van der Waals surface area contributed by atoms with Crippen molar-refractivity contribution in [3.05, 3.63) is 35.5 Å². The number of carboxylic acid groups (broad SMARTS) is 1. The first-order valence-electron chi connectivity index (χ1n) is 5.26. The largest absolute Gasteiger partial charge is 0.478 e. The van der Waals surface area contributed by atoms with Crippen LogP contribution in [0.2, 0.25) is 0 Å². The van der Waals surface area contributed by atoms with Gasteiger partial charge in [0.05, 0.1) is 5.56 Å². The highest BCUT2D eigenvalue weighted by Gasteiger charge is 2.05. The molecule has 1 heterocycles. The van der Waals surface area contributed by atoms with E-state index in [0.29, 0.717) is 5.56 Å². The molecule has 0 aliphatic rings. The Bertz CT molecular complexity index is 517. The van der Waals surface area contributed by atoms with Crippen LogP contribution in [0.1, 0.15) is 23.0 Å². The molecule has 0 atom stereocenters. The van der Waals surface area contributed by atoms with Gasteiger partial charge in [-0.25, -0.2) is 4.79 Å². The first-order valence-corrected chi connectivity index (χ1v) is 5.26. The smallest absolute Gasteiger partial charge is 0.335 e. The van der Waals surface area contributed by atoms with Crippen LogP contribution in [0.25, 0.3) is 10.9 Å². The molecular weight excluding hydrogens is 204 g/mol. The van der Waals surface area contributed by atoms with Gasteiger partial charge in [0, 0.05) is 23.1 Å². The third-order valence-electron chi connectivity index (χ3n) is 2.49. The summed E-state index contributed by atoms with van der Waals surface area (Å²) in [5, 5.41) is 13.0. The number of rotatable bonds is 4. The molecule has 2 aromatic rings. The average molecular weight is 218 g/mol. The zero-order valence-electron chi connectivity index (χ0n) is 9.08. The summed E-state index contributed by atoms with van der Waals surface area (Å²) in [5.41, 5.74) is 2.36. The lowest BCUT2D eigenvalue weighted by Crippen LogP contribution is -2.11. The number of fused-ring (bicyclic) bond motifs is 1. The van der Waals surface area contributed by atoms with Crippen LogP contribution in [-0.2, 0) is 6.54 Å². The van der Waals surface area contributed by atoms with Gasteiger partial charge in [0.25, 0.3) is 0 Å². The number of hydrogen-bond donors (Lipinski definition) is 3. The number of H-pyrrole nitrogens is 1. The van der Waals surface area contributed by atoms with Gasteiger partial charge >= 0.3 is 5.97 Å². The van der Waals surface area contributed by atoms with Crippen molar-refractivity contribution in [2.45, 2.75) is 13.5 Å². The molecule has 0 aliphatic heterocycles. The Hall–Kier alpha value is -1.81. The molecule has 0 radical (unpaired) electrons. The van der Waals surface area contributed by atoms with Crippen molar-refractivity contribution < 1.29 is 9.90 Å². The molecule has 0 amide bonds. The number of carboxylic acids is 1. The molecule has 2 rings (SSSR count). The van der Waals surface area contributed by atoms with Crippen molar-refractivity contribution in [1.29, 1.82) is 0 Å². The molecule has 4 heteroatoms. The average Bonchev–Trinajstić information content (AvgIpc) is 2.67. The van der Waals surface area contributed by atoms with Crippen LogP contribution in [0.4, 0.5) is 0 Å². The fourth-order valence-corrected chi connectivity index (χ4v) is 1.68. The molecule has 0 unspecified atom stereocenters. The number of carbonyl (C=O) groups is 1. The van der Waals surface area contributed by atoms with E-state index in [9.17, 15) is 4.79 Å². The minimum absolute atomic E-state index is 0.321. The van der Waals surface area contributed by atoms with Gasteiger partial charge in [-0.1, -0.05) is 6.92 Å².